The molecule has 130 valence electrons. The van der Waals surface area contributed by atoms with Gasteiger partial charge in [-0.3, -0.25) is 14.4 Å². The van der Waals surface area contributed by atoms with Crippen LogP contribution in [0, 0.1) is 20.8 Å². The second-order valence-corrected chi connectivity index (χ2v) is 5.07. The van der Waals surface area contributed by atoms with Gasteiger partial charge in [-0.05, 0) is 54.0 Å². The number of aromatic nitrogens is 2. The molecule has 3 nitrogen and oxygen atoms in total. The molecule has 0 aliphatic heterocycles. The average Bonchev–Trinajstić information content (AvgIpc) is 2.59. The van der Waals surface area contributed by atoms with E-state index in [2.05, 4.69) is 39.7 Å². The number of ether oxygens (including phenoxy) is 1. The Morgan fingerprint density at radius 3 is 1.92 bits per heavy atom. The molecule has 0 N–H and O–H groups in total. The molecule has 0 atom stereocenters. The van der Waals surface area contributed by atoms with Crippen LogP contribution in [0.5, 0.6) is 5.75 Å². The van der Waals surface area contributed by atoms with Crippen LogP contribution < -0.4 is 23.6 Å². The van der Waals surface area contributed by atoms with Gasteiger partial charge in [0.2, 0.25) is 0 Å². The Hall–Kier alpha value is -0.893. The first-order chi connectivity index (χ1) is 11.5. The average molecular weight is 394 g/mol. The second-order valence-electron chi connectivity index (χ2n) is 4.22. The van der Waals surface area contributed by atoms with Crippen LogP contribution in [-0.4, -0.2) is 24.2 Å². The molecule has 2 aromatic heterocycles. The molecule has 0 aliphatic rings. The first kappa shape index (κ1) is 25.3. The third-order valence-electron chi connectivity index (χ3n) is 2.47. The SMILES string of the molecule is COc1cccnc1C.Cc1ncccc1Br.[2H]CF.[CH2-]CCC.[Li+]. The maximum atomic E-state index is 9.96. The van der Waals surface area contributed by atoms with Crippen LogP contribution in [0.4, 0.5) is 4.39 Å². The zero-order valence-corrected chi connectivity index (χ0v) is 16.9. The standard InChI is InChI=1S/C7H9NO.C6H6BrN.C4H9.CH3F.Li/c1-6-7(9-2)4-3-5-8-6;1-5-6(7)3-2-4-8-5;1-3-4-2;1-2;/h3-5H,1-2H3;2-4H,1H3;1,3-4H2,2H3;1H3;/q;;-1;;+1/i;;;1D;. The molecule has 0 aliphatic carbocycles. The van der Waals surface area contributed by atoms with Crippen LogP contribution in [0.15, 0.2) is 41.1 Å². The second kappa shape index (κ2) is 20.2. The third-order valence-corrected chi connectivity index (χ3v) is 3.31. The van der Waals surface area contributed by atoms with Crippen molar-refractivity contribution in [2.24, 2.45) is 0 Å². The molecule has 0 saturated carbocycles. The smallest absolute Gasteiger partial charge is 0.495 e. The van der Waals surface area contributed by atoms with Crippen molar-refractivity contribution in [1.82, 2.24) is 9.97 Å². The molecule has 0 bridgehead atoms. The molecule has 2 aromatic rings. The van der Waals surface area contributed by atoms with Gasteiger partial charge in [0.15, 0.2) is 0 Å². The Bertz CT molecular complexity index is 513. The molecule has 0 radical (unpaired) electrons. The van der Waals surface area contributed by atoms with Gasteiger partial charge in [0.05, 0.1) is 27.0 Å². The number of methoxy groups -OCH3 is 1. The number of hydrogen-bond donors (Lipinski definition) is 0. The van der Waals surface area contributed by atoms with Crippen molar-refractivity contribution >= 4 is 15.9 Å². The number of halogens is 2. The Morgan fingerprint density at radius 1 is 1.21 bits per heavy atom. The van der Waals surface area contributed by atoms with Gasteiger partial charge in [0.1, 0.15) is 5.75 Å². The molecule has 2 heterocycles. The minimum absolute atomic E-state index is 0. The Balaban J connectivity index is -0.000000279. The molecule has 0 fully saturated rings. The zero-order chi connectivity index (χ0) is 18.8. The predicted molar refractivity (Wildman–Crippen MR) is 99.5 cm³/mol. The molecule has 24 heavy (non-hydrogen) atoms. The number of alkyl halides is 1. The van der Waals surface area contributed by atoms with Crippen LogP contribution >= 0.6 is 15.9 Å². The van der Waals surface area contributed by atoms with Gasteiger partial charge in [0, 0.05) is 16.9 Å². The predicted octanol–water partition coefficient (Wildman–Crippen LogP) is 2.76. The largest absolute Gasteiger partial charge is 1.00 e. The monoisotopic (exact) mass is 393 g/mol. The van der Waals surface area contributed by atoms with Crippen LogP contribution in [-0.2, 0) is 0 Å². The molecule has 0 aromatic carbocycles. The number of unbranched alkanes of at least 4 members (excludes halogenated alkanes) is 1. The van der Waals surface area contributed by atoms with E-state index < -0.39 is 7.15 Å². The van der Waals surface area contributed by atoms with E-state index in [0.717, 1.165) is 28.0 Å². The van der Waals surface area contributed by atoms with Gasteiger partial charge in [0.25, 0.3) is 0 Å². The summed E-state index contributed by atoms with van der Waals surface area (Å²) in [6, 6.07) is 7.62. The summed E-state index contributed by atoms with van der Waals surface area (Å²) in [5.41, 5.74) is 1.97. The minimum atomic E-state index is -1.00. The van der Waals surface area contributed by atoms with Gasteiger partial charge < -0.3 is 11.7 Å². The van der Waals surface area contributed by atoms with Gasteiger partial charge in [-0.25, -0.2) is 0 Å². The fourth-order valence-corrected chi connectivity index (χ4v) is 1.40. The normalized spacial score (nSPS) is 8.54. The summed E-state index contributed by atoms with van der Waals surface area (Å²) in [6.07, 6.45) is 5.80. The molecule has 2 rings (SSSR count). The summed E-state index contributed by atoms with van der Waals surface area (Å²) in [5, 5.41) is 0. The topological polar surface area (TPSA) is 35.0 Å². The van der Waals surface area contributed by atoms with Crippen LogP contribution in [0.2, 0.25) is 0 Å². The van der Waals surface area contributed by atoms with Crippen LogP contribution in [0.1, 0.15) is 32.5 Å². The van der Waals surface area contributed by atoms with E-state index in [1.807, 2.05) is 38.1 Å². The first-order valence-corrected chi connectivity index (χ1v) is 7.94. The van der Waals surface area contributed by atoms with Crippen molar-refractivity contribution in [1.29, 1.82) is 0 Å². The van der Waals surface area contributed by atoms with E-state index in [-0.39, 0.29) is 18.9 Å². The van der Waals surface area contributed by atoms with E-state index in [1.165, 1.54) is 6.42 Å². The summed E-state index contributed by atoms with van der Waals surface area (Å²) < 4.78 is 21.6. The maximum absolute atomic E-state index is 9.96. The molecule has 0 saturated heterocycles. The van der Waals surface area contributed by atoms with E-state index in [1.54, 1.807) is 19.5 Å². The molecule has 0 amide bonds. The Kier molecular flexibility index (Phi) is 21.3. The quantitative estimate of drug-likeness (QED) is 0.581. The van der Waals surface area contributed by atoms with Crippen molar-refractivity contribution in [3.8, 4) is 5.75 Å². The van der Waals surface area contributed by atoms with Crippen LogP contribution in [0.3, 0.4) is 0 Å². The van der Waals surface area contributed by atoms with E-state index in [0.29, 0.717) is 0 Å². The van der Waals surface area contributed by atoms with E-state index in [4.69, 9.17) is 6.11 Å². The first-order valence-electron chi connectivity index (χ1n) is 7.86. The number of pyridine rings is 2. The third kappa shape index (κ3) is 14.7. The number of aryl methyl sites for hydroxylation is 2. The summed E-state index contributed by atoms with van der Waals surface area (Å²) in [6.45, 7) is 9.60. The van der Waals surface area contributed by atoms with Gasteiger partial charge >= 0.3 is 18.9 Å². The summed E-state index contributed by atoms with van der Waals surface area (Å²) >= 11 is 3.33. The maximum Gasteiger partial charge on any atom is 1.00 e. The number of rotatable bonds is 2. The van der Waals surface area contributed by atoms with Crippen molar-refractivity contribution in [2.45, 2.75) is 33.6 Å². The van der Waals surface area contributed by atoms with Gasteiger partial charge in [-0.15, -0.1) is 0 Å². The minimum Gasteiger partial charge on any atom is -0.495 e. The molecular formula is C18H27BrFLiN2O. The van der Waals surface area contributed by atoms with Crippen molar-refractivity contribution in [2.75, 3.05) is 14.3 Å². The zero-order valence-electron chi connectivity index (χ0n) is 16.4. The molecular weight excluding hydrogens is 366 g/mol. The van der Waals surface area contributed by atoms with Gasteiger partial charge in [-0.1, -0.05) is 13.3 Å². The Morgan fingerprint density at radius 2 is 1.67 bits per heavy atom. The summed E-state index contributed by atoms with van der Waals surface area (Å²) in [7, 11) is 0.643. The molecule has 0 unspecified atom stereocenters. The van der Waals surface area contributed by atoms with E-state index >= 15 is 0 Å². The molecule has 6 heteroatoms. The van der Waals surface area contributed by atoms with E-state index in [9.17, 15) is 4.39 Å². The van der Waals surface area contributed by atoms with Crippen molar-refractivity contribution in [3.05, 3.63) is 59.4 Å². The number of nitrogens with zero attached hydrogens (tertiary/aromatic N) is 2. The van der Waals surface area contributed by atoms with Crippen LogP contribution in [0.25, 0.3) is 0 Å². The fraction of sp³-hybridized carbons (Fsp3) is 0.389. The number of hydrogen-bond acceptors (Lipinski definition) is 3. The fourth-order valence-electron chi connectivity index (χ4n) is 1.15. The van der Waals surface area contributed by atoms with Crippen molar-refractivity contribution < 1.29 is 29.4 Å². The van der Waals surface area contributed by atoms with Crippen molar-refractivity contribution in [3.63, 3.8) is 0 Å². The summed E-state index contributed by atoms with van der Waals surface area (Å²) in [5.74, 6) is 0.845. The molecule has 0 spiro atoms. The van der Waals surface area contributed by atoms with Gasteiger partial charge in [-0.2, -0.15) is 6.42 Å². The summed E-state index contributed by atoms with van der Waals surface area (Å²) in [4.78, 5) is 8.06. The Labute approximate surface area is 168 Å².